The Labute approximate surface area is 130 Å². The summed E-state index contributed by atoms with van der Waals surface area (Å²) in [5, 5.41) is 25.0. The second kappa shape index (κ2) is 2690. The Morgan fingerprint density at radius 3 is 0.500 bits per heavy atom. The molecule has 0 aromatic heterocycles. The van der Waals surface area contributed by atoms with Crippen molar-refractivity contribution < 1.29 is 85.4 Å². The van der Waals surface area contributed by atoms with Gasteiger partial charge in [-0.1, -0.05) is 0 Å². The zero-order valence-electron chi connectivity index (χ0n) is 5.11. The smallest absolute Gasteiger partial charge is 0.512 e. The Kier molecular flexibility index (Phi) is 12600. The SMILES string of the molecule is [C-]#N.[C-]#N.[C-]#N.[C-]#N.[Cs+].[Ni+3]. The molecule has 0 N–H and O–H groups in total. The second-order valence-corrected chi connectivity index (χ2v) is 0. The molecule has 6 heteroatoms. The summed E-state index contributed by atoms with van der Waals surface area (Å²) < 4.78 is 0. The molecule has 1 radical (unpaired) electrons. The largest absolute Gasteiger partial charge is 3.00 e. The molecular formula is C4CsN4Ni. The summed E-state index contributed by atoms with van der Waals surface area (Å²) in [5.74, 6) is 0. The van der Waals surface area contributed by atoms with Gasteiger partial charge in [0, 0.05) is 0 Å². The van der Waals surface area contributed by atoms with Crippen molar-refractivity contribution in [2.45, 2.75) is 0 Å². The van der Waals surface area contributed by atoms with E-state index in [4.69, 9.17) is 47.3 Å². The molecule has 0 aliphatic carbocycles. The zero-order chi connectivity index (χ0) is 8.00. The molecule has 4 nitrogen and oxygen atoms in total. The first-order valence-electron chi connectivity index (χ1n) is 0.894. The maximum Gasteiger partial charge on any atom is 3.00 e. The molecule has 0 amide bonds. The third kappa shape index (κ3) is 1880. The quantitative estimate of drug-likeness (QED) is 0.361. The Balaban J connectivity index is -0.00000000500. The summed E-state index contributed by atoms with van der Waals surface area (Å²) in [5.41, 5.74) is 0. The van der Waals surface area contributed by atoms with Crippen LogP contribution in [-0.4, -0.2) is 0 Å². The average Bonchev–Trinajstić information content (AvgIpc) is 2.03. The molecule has 0 bridgehead atoms. The summed E-state index contributed by atoms with van der Waals surface area (Å²) in [7, 11) is 0. The van der Waals surface area contributed by atoms with Crippen LogP contribution in [0.2, 0.25) is 0 Å². The van der Waals surface area contributed by atoms with E-state index >= 15 is 0 Å². The van der Waals surface area contributed by atoms with Gasteiger partial charge in [-0.05, 0) is 0 Å². The minimum atomic E-state index is 0. The summed E-state index contributed by atoms with van der Waals surface area (Å²) in [6, 6.07) is 0. The molecule has 0 rings (SSSR count). The van der Waals surface area contributed by atoms with E-state index in [0.717, 1.165) is 0 Å². The predicted molar refractivity (Wildman–Crippen MR) is 19.9 cm³/mol. The van der Waals surface area contributed by atoms with Crippen molar-refractivity contribution in [3.05, 3.63) is 26.3 Å². The van der Waals surface area contributed by atoms with Gasteiger partial charge in [-0.3, -0.25) is 0 Å². The maximum atomic E-state index is 6.25. The first-order valence-corrected chi connectivity index (χ1v) is 0.894. The molecule has 0 aliphatic heterocycles. The van der Waals surface area contributed by atoms with Gasteiger partial charge in [0.15, 0.2) is 0 Å². The average molecular weight is 296 g/mol. The molecule has 0 saturated carbocycles. The van der Waals surface area contributed by atoms with Gasteiger partial charge in [0.2, 0.25) is 0 Å². The Hall–Kier alpha value is 0.505. The van der Waals surface area contributed by atoms with E-state index in [2.05, 4.69) is 0 Å². The molecule has 0 aromatic rings. The van der Waals surface area contributed by atoms with Gasteiger partial charge >= 0.3 is 85.4 Å². The zero-order valence-corrected chi connectivity index (χ0v) is 12.4. The van der Waals surface area contributed by atoms with Gasteiger partial charge in [0.05, 0.1) is 0 Å². The standard InChI is InChI=1S/4CN.Cs.Ni/c4*1-2;;/q4*-1;+1;+3. The molecule has 0 unspecified atom stereocenters. The molecule has 0 atom stereocenters. The second-order valence-electron chi connectivity index (χ2n) is 0. The van der Waals surface area contributed by atoms with E-state index < -0.39 is 0 Å². The Morgan fingerprint density at radius 2 is 0.500 bits per heavy atom. The summed E-state index contributed by atoms with van der Waals surface area (Å²) >= 11 is 0. The van der Waals surface area contributed by atoms with Gasteiger partial charge in [-0.2, -0.15) is 0 Å². The first-order chi connectivity index (χ1) is 4.00. The maximum absolute atomic E-state index is 6.25. The molecule has 47 valence electrons. The number of nitrogens with zero attached hydrogens (tertiary/aromatic N) is 4. The fourth-order valence-corrected chi connectivity index (χ4v) is 0. The number of hydrogen-bond donors (Lipinski definition) is 0. The summed E-state index contributed by atoms with van der Waals surface area (Å²) in [4.78, 5) is 0. The first kappa shape index (κ1) is 46.8. The predicted octanol–water partition coefficient (Wildman–Crippen LogP) is -2.61. The van der Waals surface area contributed by atoms with Crippen LogP contribution < -0.4 is 68.9 Å². The van der Waals surface area contributed by atoms with Crippen molar-refractivity contribution in [2.75, 3.05) is 0 Å². The van der Waals surface area contributed by atoms with Crippen molar-refractivity contribution in [3.8, 4) is 0 Å². The van der Waals surface area contributed by atoms with Crippen molar-refractivity contribution >= 4 is 0 Å². The van der Waals surface area contributed by atoms with Crippen LogP contribution in [0.5, 0.6) is 0 Å². The van der Waals surface area contributed by atoms with Crippen molar-refractivity contribution in [3.63, 3.8) is 0 Å². The van der Waals surface area contributed by atoms with Gasteiger partial charge in [-0.15, -0.1) is 0 Å². The molecule has 10 heavy (non-hydrogen) atoms. The minimum Gasteiger partial charge on any atom is -0.512 e. The summed E-state index contributed by atoms with van der Waals surface area (Å²) in [6.07, 6.45) is 0. The van der Waals surface area contributed by atoms with E-state index in [1.165, 1.54) is 0 Å². The fourth-order valence-electron chi connectivity index (χ4n) is 0. The van der Waals surface area contributed by atoms with Crippen LogP contribution in [0.15, 0.2) is 0 Å². The van der Waals surface area contributed by atoms with Crippen molar-refractivity contribution in [1.29, 1.82) is 21.0 Å². The molecule has 0 aliphatic rings. The normalized spacial score (nSPS) is 0.800. The van der Waals surface area contributed by atoms with Crippen LogP contribution in [0.3, 0.4) is 0 Å². The number of rotatable bonds is 0. The topological polar surface area (TPSA) is 95.2 Å². The van der Waals surface area contributed by atoms with E-state index in [0.29, 0.717) is 0 Å². The molecule has 0 spiro atoms. The van der Waals surface area contributed by atoms with E-state index in [-0.39, 0.29) is 85.4 Å². The Bertz CT molecular complexity index is 60.2. The van der Waals surface area contributed by atoms with Crippen LogP contribution in [0.25, 0.3) is 0 Å². The van der Waals surface area contributed by atoms with Gasteiger partial charge < -0.3 is 47.3 Å². The van der Waals surface area contributed by atoms with Crippen molar-refractivity contribution in [2.24, 2.45) is 0 Å². The van der Waals surface area contributed by atoms with Crippen LogP contribution >= 0.6 is 0 Å². The monoisotopic (exact) mass is 295 g/mol. The third-order valence-corrected chi connectivity index (χ3v) is 0. The third-order valence-electron chi connectivity index (χ3n) is 0. The van der Waals surface area contributed by atoms with Gasteiger partial charge in [0.1, 0.15) is 0 Å². The van der Waals surface area contributed by atoms with Crippen LogP contribution in [0.4, 0.5) is 0 Å². The van der Waals surface area contributed by atoms with Crippen LogP contribution in [0, 0.1) is 47.3 Å². The molecule has 0 saturated heterocycles. The van der Waals surface area contributed by atoms with E-state index in [9.17, 15) is 0 Å². The molecule has 0 fully saturated rings. The van der Waals surface area contributed by atoms with Crippen molar-refractivity contribution in [1.82, 2.24) is 0 Å². The van der Waals surface area contributed by atoms with E-state index in [1.807, 2.05) is 0 Å². The van der Waals surface area contributed by atoms with Crippen LogP contribution in [-0.2, 0) is 16.5 Å². The molecule has 0 aromatic carbocycles. The van der Waals surface area contributed by atoms with Gasteiger partial charge in [0.25, 0.3) is 0 Å². The van der Waals surface area contributed by atoms with E-state index in [1.54, 1.807) is 0 Å². The van der Waals surface area contributed by atoms with Gasteiger partial charge in [-0.25, -0.2) is 0 Å². The summed E-state index contributed by atoms with van der Waals surface area (Å²) in [6.45, 7) is 19.0. The number of hydrogen-bond acceptors (Lipinski definition) is 4. The molecular weight excluding hydrogens is 296 g/mol. The minimum absolute atomic E-state index is 0. The Morgan fingerprint density at radius 1 is 0.500 bits per heavy atom. The fraction of sp³-hybridized carbons (Fsp3) is 0. The molecule has 0 heterocycles. The van der Waals surface area contributed by atoms with Crippen LogP contribution in [0.1, 0.15) is 0 Å².